The average Bonchev–Trinajstić information content (AvgIpc) is 3.13. The van der Waals surface area contributed by atoms with E-state index in [9.17, 15) is 13.2 Å². The first-order chi connectivity index (χ1) is 14.3. The predicted molar refractivity (Wildman–Crippen MR) is 117 cm³/mol. The summed E-state index contributed by atoms with van der Waals surface area (Å²) >= 11 is 0. The topological polar surface area (TPSA) is 104 Å². The van der Waals surface area contributed by atoms with E-state index in [1.165, 1.54) is 39.4 Å². The van der Waals surface area contributed by atoms with Crippen molar-refractivity contribution in [1.82, 2.24) is 14.3 Å². The van der Waals surface area contributed by atoms with Gasteiger partial charge < -0.3 is 15.0 Å². The molecule has 1 aromatic heterocycles. The number of aromatic amines is 1. The Morgan fingerprint density at radius 2 is 1.97 bits per heavy atom. The van der Waals surface area contributed by atoms with Crippen LogP contribution < -0.4 is 10.1 Å². The zero-order chi connectivity index (χ0) is 21.9. The molecule has 8 nitrogen and oxygen atoms in total. The molecular formula is C21H26N4O4S. The van der Waals surface area contributed by atoms with Crippen LogP contribution in [-0.4, -0.2) is 49.8 Å². The number of unbranched alkanes of at least 4 members (excludes halogenated alkanes) is 1. The van der Waals surface area contributed by atoms with Gasteiger partial charge in [-0.3, -0.25) is 4.79 Å². The van der Waals surface area contributed by atoms with Crippen LogP contribution in [0.15, 0.2) is 41.3 Å². The van der Waals surface area contributed by atoms with Crippen molar-refractivity contribution < 1.29 is 17.9 Å². The maximum absolute atomic E-state index is 12.8. The molecule has 0 atom stereocenters. The van der Waals surface area contributed by atoms with Crippen LogP contribution >= 0.6 is 0 Å². The molecule has 0 saturated heterocycles. The van der Waals surface area contributed by atoms with Crippen molar-refractivity contribution in [2.24, 2.45) is 0 Å². The van der Waals surface area contributed by atoms with Gasteiger partial charge in [-0.2, -0.15) is 0 Å². The fourth-order valence-corrected chi connectivity index (χ4v) is 4.10. The molecule has 160 valence electrons. The first kappa shape index (κ1) is 21.8. The first-order valence-electron chi connectivity index (χ1n) is 9.66. The van der Waals surface area contributed by atoms with E-state index in [1.807, 2.05) is 12.1 Å². The molecule has 3 rings (SSSR count). The maximum atomic E-state index is 12.8. The van der Waals surface area contributed by atoms with Crippen LogP contribution in [0.5, 0.6) is 5.75 Å². The highest BCUT2D eigenvalue weighted by Crippen LogP contribution is 2.27. The Kier molecular flexibility index (Phi) is 6.42. The van der Waals surface area contributed by atoms with Crippen molar-refractivity contribution in [1.29, 1.82) is 0 Å². The van der Waals surface area contributed by atoms with Gasteiger partial charge >= 0.3 is 0 Å². The van der Waals surface area contributed by atoms with Crippen LogP contribution in [0, 0.1) is 0 Å². The second-order valence-electron chi connectivity index (χ2n) is 7.13. The number of amides is 1. The number of H-pyrrole nitrogens is 1. The molecule has 0 fully saturated rings. The second-order valence-corrected chi connectivity index (χ2v) is 9.25. The summed E-state index contributed by atoms with van der Waals surface area (Å²) < 4.78 is 31.4. The molecule has 0 unspecified atom stereocenters. The molecule has 0 bridgehead atoms. The quantitative estimate of drug-likeness (QED) is 0.570. The standard InChI is InChI=1S/C21H26N4O4S/c1-5-6-7-20-23-16-10-9-15(13-17(16)24-20)22-21(26)14-8-11-18(29-4)19(12-14)30(27,28)25(2)3/h8-13H,5-7H2,1-4H3,(H,22,26)(H,23,24). The van der Waals surface area contributed by atoms with Crippen molar-refractivity contribution in [3.8, 4) is 5.75 Å². The molecule has 9 heteroatoms. The lowest BCUT2D eigenvalue weighted by atomic mass is 10.2. The van der Waals surface area contributed by atoms with E-state index in [-0.39, 0.29) is 16.2 Å². The minimum atomic E-state index is -3.77. The molecule has 30 heavy (non-hydrogen) atoms. The van der Waals surface area contributed by atoms with Crippen LogP contribution in [0.4, 0.5) is 5.69 Å². The number of carbonyl (C=O) groups excluding carboxylic acids is 1. The van der Waals surface area contributed by atoms with E-state index in [4.69, 9.17) is 4.74 Å². The zero-order valence-corrected chi connectivity index (χ0v) is 18.3. The minimum absolute atomic E-state index is 0.0627. The highest BCUT2D eigenvalue weighted by atomic mass is 32.2. The third-order valence-corrected chi connectivity index (χ3v) is 6.58. The van der Waals surface area contributed by atoms with Gasteiger partial charge in [-0.05, 0) is 42.8 Å². The summed E-state index contributed by atoms with van der Waals surface area (Å²) in [5.74, 6) is 0.681. The Bertz CT molecular complexity index is 1170. The molecule has 2 aromatic carbocycles. The Hall–Kier alpha value is -2.91. The highest BCUT2D eigenvalue weighted by Gasteiger charge is 2.24. The zero-order valence-electron chi connectivity index (χ0n) is 17.5. The monoisotopic (exact) mass is 430 g/mol. The van der Waals surface area contributed by atoms with Gasteiger partial charge in [-0.15, -0.1) is 0 Å². The normalized spacial score (nSPS) is 11.8. The lowest BCUT2D eigenvalue weighted by Crippen LogP contribution is -2.23. The summed E-state index contributed by atoms with van der Waals surface area (Å²) in [6, 6.07) is 9.75. The second kappa shape index (κ2) is 8.85. The van der Waals surface area contributed by atoms with Gasteiger partial charge in [0.15, 0.2) is 0 Å². The number of hydrogen-bond acceptors (Lipinski definition) is 5. The number of sulfonamides is 1. The van der Waals surface area contributed by atoms with Gasteiger partial charge in [0, 0.05) is 31.8 Å². The van der Waals surface area contributed by atoms with Crippen molar-refractivity contribution in [3.05, 3.63) is 47.8 Å². The van der Waals surface area contributed by atoms with Crippen molar-refractivity contribution >= 4 is 32.7 Å². The Morgan fingerprint density at radius 3 is 2.63 bits per heavy atom. The smallest absolute Gasteiger partial charge is 0.255 e. The Labute approximate surface area is 176 Å². The van der Waals surface area contributed by atoms with Crippen LogP contribution in [-0.2, 0) is 16.4 Å². The fraction of sp³-hybridized carbons (Fsp3) is 0.333. The minimum Gasteiger partial charge on any atom is -0.495 e. The van der Waals surface area contributed by atoms with Crippen molar-refractivity contribution in [2.45, 2.75) is 31.1 Å². The number of imidazole rings is 1. The van der Waals surface area contributed by atoms with Crippen LogP contribution in [0.2, 0.25) is 0 Å². The molecule has 0 aliphatic heterocycles. The van der Waals surface area contributed by atoms with Gasteiger partial charge in [-0.1, -0.05) is 13.3 Å². The largest absolute Gasteiger partial charge is 0.495 e. The number of methoxy groups -OCH3 is 1. The molecule has 1 heterocycles. The average molecular weight is 431 g/mol. The molecule has 0 spiro atoms. The summed E-state index contributed by atoms with van der Waals surface area (Å²) in [4.78, 5) is 20.5. The van der Waals surface area contributed by atoms with E-state index in [0.29, 0.717) is 5.69 Å². The molecular weight excluding hydrogens is 404 g/mol. The van der Waals surface area contributed by atoms with Crippen LogP contribution in [0.3, 0.4) is 0 Å². The number of fused-ring (bicyclic) bond motifs is 1. The van der Waals surface area contributed by atoms with E-state index >= 15 is 0 Å². The SMILES string of the molecule is CCCCc1nc2ccc(NC(=O)c3ccc(OC)c(S(=O)(=O)N(C)C)c3)cc2[nH]1. The van der Waals surface area contributed by atoms with Crippen molar-refractivity contribution in [3.63, 3.8) is 0 Å². The van der Waals surface area contributed by atoms with Crippen LogP contribution in [0.1, 0.15) is 35.9 Å². The summed E-state index contributed by atoms with van der Waals surface area (Å²) in [7, 11) is 0.473. The maximum Gasteiger partial charge on any atom is 0.255 e. The number of nitrogens with one attached hydrogen (secondary N) is 2. The molecule has 3 aromatic rings. The van der Waals surface area contributed by atoms with E-state index < -0.39 is 15.9 Å². The fourth-order valence-electron chi connectivity index (χ4n) is 3.02. The summed E-state index contributed by atoms with van der Waals surface area (Å²) in [5, 5.41) is 2.81. The molecule has 1 amide bonds. The number of ether oxygens (including phenoxy) is 1. The number of benzene rings is 2. The van der Waals surface area contributed by atoms with Gasteiger partial charge in [-0.25, -0.2) is 17.7 Å². The molecule has 2 N–H and O–H groups in total. The highest BCUT2D eigenvalue weighted by molar-refractivity contribution is 7.89. The lowest BCUT2D eigenvalue weighted by Gasteiger charge is -2.15. The number of anilines is 1. The molecule has 0 radical (unpaired) electrons. The Morgan fingerprint density at radius 1 is 1.20 bits per heavy atom. The van der Waals surface area contributed by atoms with Crippen LogP contribution in [0.25, 0.3) is 11.0 Å². The first-order valence-corrected chi connectivity index (χ1v) is 11.1. The number of hydrogen-bond donors (Lipinski definition) is 2. The number of aryl methyl sites for hydroxylation is 1. The Balaban J connectivity index is 1.87. The molecule has 0 aliphatic carbocycles. The van der Waals surface area contributed by atoms with Gasteiger partial charge in [0.2, 0.25) is 10.0 Å². The number of aromatic nitrogens is 2. The molecule has 0 saturated carbocycles. The summed E-state index contributed by atoms with van der Waals surface area (Å²) in [6.45, 7) is 2.13. The lowest BCUT2D eigenvalue weighted by molar-refractivity contribution is 0.102. The number of nitrogens with zero attached hydrogens (tertiary/aromatic N) is 2. The summed E-state index contributed by atoms with van der Waals surface area (Å²) in [5.41, 5.74) is 2.48. The number of rotatable bonds is 8. The van der Waals surface area contributed by atoms with E-state index in [1.54, 1.807) is 6.07 Å². The van der Waals surface area contributed by atoms with E-state index in [2.05, 4.69) is 22.2 Å². The predicted octanol–water partition coefficient (Wildman–Crippen LogP) is 3.42. The third-order valence-electron chi connectivity index (χ3n) is 4.74. The van der Waals surface area contributed by atoms with Gasteiger partial charge in [0.1, 0.15) is 16.5 Å². The molecule has 0 aliphatic rings. The van der Waals surface area contributed by atoms with Gasteiger partial charge in [0.05, 0.1) is 18.1 Å². The number of carbonyl (C=O) groups is 1. The summed E-state index contributed by atoms with van der Waals surface area (Å²) in [6.07, 6.45) is 3.02. The van der Waals surface area contributed by atoms with E-state index in [0.717, 1.165) is 40.4 Å². The van der Waals surface area contributed by atoms with Gasteiger partial charge in [0.25, 0.3) is 5.91 Å². The third kappa shape index (κ3) is 4.47. The van der Waals surface area contributed by atoms with Crippen molar-refractivity contribution in [2.75, 3.05) is 26.5 Å².